The summed E-state index contributed by atoms with van der Waals surface area (Å²) in [6.07, 6.45) is 1.35. The normalized spacial score (nSPS) is 10.2. The molecule has 2 aromatic rings. The van der Waals surface area contributed by atoms with Crippen molar-refractivity contribution in [2.24, 2.45) is 0 Å². The second kappa shape index (κ2) is 5.43. The topological polar surface area (TPSA) is 62.7 Å². The van der Waals surface area contributed by atoms with E-state index in [-0.39, 0.29) is 26.2 Å². The summed E-state index contributed by atoms with van der Waals surface area (Å²) >= 11 is 6.63. The van der Waals surface area contributed by atoms with E-state index in [1.165, 1.54) is 12.3 Å². The summed E-state index contributed by atoms with van der Waals surface area (Å²) in [5.41, 5.74) is 5.50. The number of pyridine rings is 1. The predicted molar refractivity (Wildman–Crippen MR) is 68.9 cm³/mol. The van der Waals surface area contributed by atoms with E-state index < -0.39 is 11.6 Å². The molecular weight excluding hydrogens is 292 g/mol. The smallest absolute Gasteiger partial charge is 0.142 e. The van der Waals surface area contributed by atoms with Crippen LogP contribution in [0.15, 0.2) is 34.3 Å². The molecule has 0 saturated carbocycles. The highest BCUT2D eigenvalue weighted by molar-refractivity contribution is 7.99. The van der Waals surface area contributed by atoms with Gasteiger partial charge < -0.3 is 5.73 Å². The number of nitrogens with two attached hydrogens (primary N) is 1. The summed E-state index contributed by atoms with van der Waals surface area (Å²) in [4.78, 5) is 3.64. The third-order valence-electron chi connectivity index (χ3n) is 2.20. The quantitative estimate of drug-likeness (QED) is 0.860. The SMILES string of the molecule is N#Cc1ccnc(Sc2c(F)cc(N)cc2F)c1Cl. The van der Waals surface area contributed by atoms with Crippen molar-refractivity contribution in [3.63, 3.8) is 0 Å². The number of hydrogen-bond donors (Lipinski definition) is 1. The molecule has 7 heteroatoms. The summed E-state index contributed by atoms with van der Waals surface area (Å²) in [6.45, 7) is 0. The highest BCUT2D eigenvalue weighted by Gasteiger charge is 2.16. The van der Waals surface area contributed by atoms with Gasteiger partial charge in [0.05, 0.1) is 15.5 Å². The van der Waals surface area contributed by atoms with Crippen LogP contribution in [0.3, 0.4) is 0 Å². The largest absolute Gasteiger partial charge is 0.399 e. The molecule has 0 fully saturated rings. The van der Waals surface area contributed by atoms with Crippen molar-refractivity contribution in [1.29, 1.82) is 5.26 Å². The number of halogens is 3. The molecule has 0 aliphatic heterocycles. The molecule has 0 unspecified atom stereocenters. The molecule has 2 rings (SSSR count). The Morgan fingerprint density at radius 1 is 1.32 bits per heavy atom. The average Bonchev–Trinajstić information content (AvgIpc) is 2.35. The number of benzene rings is 1. The molecule has 0 spiro atoms. The summed E-state index contributed by atoms with van der Waals surface area (Å²) in [7, 11) is 0. The number of hydrogen-bond acceptors (Lipinski definition) is 4. The number of nitrogen functional groups attached to an aromatic ring is 1. The molecule has 0 amide bonds. The highest BCUT2D eigenvalue weighted by Crippen LogP contribution is 2.36. The van der Waals surface area contributed by atoms with Crippen molar-refractivity contribution < 1.29 is 8.78 Å². The van der Waals surface area contributed by atoms with Crippen molar-refractivity contribution >= 4 is 29.1 Å². The first-order chi connectivity index (χ1) is 9.02. The van der Waals surface area contributed by atoms with Crippen molar-refractivity contribution in [2.75, 3.05) is 5.73 Å². The molecule has 3 nitrogen and oxygen atoms in total. The molecule has 96 valence electrons. The fourth-order valence-corrected chi connectivity index (χ4v) is 2.44. The lowest BCUT2D eigenvalue weighted by molar-refractivity contribution is 0.541. The Hall–Kier alpha value is -1.84. The van der Waals surface area contributed by atoms with Crippen LogP contribution in [0.5, 0.6) is 0 Å². The van der Waals surface area contributed by atoms with Crippen LogP contribution in [-0.4, -0.2) is 4.98 Å². The maximum absolute atomic E-state index is 13.6. The third kappa shape index (κ3) is 2.78. The van der Waals surface area contributed by atoms with Gasteiger partial charge in [-0.15, -0.1) is 0 Å². The van der Waals surface area contributed by atoms with Gasteiger partial charge in [-0.1, -0.05) is 23.4 Å². The molecule has 2 N–H and O–H groups in total. The first-order valence-corrected chi connectivity index (χ1v) is 6.19. The molecule has 1 heterocycles. The Bertz CT molecular complexity index is 662. The fourth-order valence-electron chi connectivity index (χ4n) is 1.36. The molecule has 0 aliphatic rings. The van der Waals surface area contributed by atoms with Gasteiger partial charge in [0.2, 0.25) is 0 Å². The van der Waals surface area contributed by atoms with Crippen LogP contribution >= 0.6 is 23.4 Å². The number of rotatable bonds is 2. The minimum absolute atomic E-state index is 0.0100. The van der Waals surface area contributed by atoms with Gasteiger partial charge in [0.1, 0.15) is 22.7 Å². The zero-order chi connectivity index (χ0) is 14.0. The summed E-state index contributed by atoms with van der Waals surface area (Å²) in [5.74, 6) is -1.61. The van der Waals surface area contributed by atoms with Gasteiger partial charge in [-0.2, -0.15) is 5.26 Å². The molecule has 1 aromatic heterocycles. The molecular formula is C12H6ClF2N3S. The Morgan fingerprint density at radius 2 is 1.95 bits per heavy atom. The fraction of sp³-hybridized carbons (Fsp3) is 0. The Morgan fingerprint density at radius 3 is 2.53 bits per heavy atom. The van der Waals surface area contributed by atoms with Gasteiger partial charge in [-0.3, -0.25) is 0 Å². The van der Waals surface area contributed by atoms with Gasteiger partial charge in [-0.05, 0) is 18.2 Å². The van der Waals surface area contributed by atoms with Crippen LogP contribution in [0.1, 0.15) is 5.56 Å². The standard InChI is InChI=1S/C12H6ClF2N3S/c13-10-6(5-16)1-2-18-12(10)19-11-8(14)3-7(17)4-9(11)15/h1-4H,17H2. The van der Waals surface area contributed by atoms with E-state index in [2.05, 4.69) is 4.98 Å². The lowest BCUT2D eigenvalue weighted by Gasteiger charge is -2.07. The molecule has 0 radical (unpaired) electrons. The van der Waals surface area contributed by atoms with Gasteiger partial charge in [0.15, 0.2) is 0 Å². The van der Waals surface area contributed by atoms with Crippen molar-refractivity contribution in [1.82, 2.24) is 4.98 Å². The van der Waals surface area contributed by atoms with E-state index in [4.69, 9.17) is 22.6 Å². The number of aromatic nitrogens is 1. The van der Waals surface area contributed by atoms with Crippen LogP contribution in [-0.2, 0) is 0 Å². The van der Waals surface area contributed by atoms with Gasteiger partial charge in [0.25, 0.3) is 0 Å². The minimum atomic E-state index is -0.803. The predicted octanol–water partition coefficient (Wildman–Crippen LogP) is 3.62. The molecule has 19 heavy (non-hydrogen) atoms. The molecule has 0 atom stereocenters. The summed E-state index contributed by atoms with van der Waals surface area (Å²) in [6, 6.07) is 5.30. The molecule has 1 aromatic carbocycles. The Labute approximate surface area is 117 Å². The van der Waals surface area contributed by atoms with E-state index in [1.807, 2.05) is 6.07 Å². The van der Waals surface area contributed by atoms with Gasteiger partial charge >= 0.3 is 0 Å². The zero-order valence-corrected chi connectivity index (χ0v) is 10.9. The van der Waals surface area contributed by atoms with Crippen LogP contribution in [0.4, 0.5) is 14.5 Å². The van der Waals surface area contributed by atoms with Crippen LogP contribution in [0, 0.1) is 23.0 Å². The zero-order valence-electron chi connectivity index (χ0n) is 9.32. The molecule has 0 saturated heterocycles. The Balaban J connectivity index is 2.46. The number of anilines is 1. The Kier molecular flexibility index (Phi) is 3.88. The monoisotopic (exact) mass is 297 g/mol. The first-order valence-electron chi connectivity index (χ1n) is 5.00. The van der Waals surface area contributed by atoms with Crippen LogP contribution in [0.25, 0.3) is 0 Å². The van der Waals surface area contributed by atoms with Crippen LogP contribution in [0.2, 0.25) is 5.02 Å². The highest BCUT2D eigenvalue weighted by atomic mass is 35.5. The van der Waals surface area contributed by atoms with Crippen molar-refractivity contribution in [2.45, 2.75) is 9.92 Å². The van der Waals surface area contributed by atoms with E-state index in [1.54, 1.807) is 0 Å². The molecule has 0 bridgehead atoms. The average molecular weight is 298 g/mol. The van der Waals surface area contributed by atoms with Crippen molar-refractivity contribution in [3.05, 3.63) is 46.6 Å². The maximum atomic E-state index is 13.6. The summed E-state index contributed by atoms with van der Waals surface area (Å²) in [5, 5.41) is 9.03. The van der Waals surface area contributed by atoms with E-state index in [9.17, 15) is 8.78 Å². The lowest BCUT2D eigenvalue weighted by Crippen LogP contribution is -1.94. The number of nitrogens with zero attached hydrogens (tertiary/aromatic N) is 2. The van der Waals surface area contributed by atoms with Crippen molar-refractivity contribution in [3.8, 4) is 6.07 Å². The minimum Gasteiger partial charge on any atom is -0.399 e. The van der Waals surface area contributed by atoms with Gasteiger partial charge in [-0.25, -0.2) is 13.8 Å². The maximum Gasteiger partial charge on any atom is 0.142 e. The second-order valence-electron chi connectivity index (χ2n) is 3.51. The first kappa shape index (κ1) is 13.6. The van der Waals surface area contributed by atoms with Crippen LogP contribution < -0.4 is 5.73 Å². The van der Waals surface area contributed by atoms with E-state index in [0.29, 0.717) is 11.8 Å². The van der Waals surface area contributed by atoms with E-state index in [0.717, 1.165) is 12.1 Å². The lowest BCUT2D eigenvalue weighted by atomic mass is 10.3. The number of nitriles is 1. The third-order valence-corrected chi connectivity index (χ3v) is 3.79. The summed E-state index contributed by atoms with van der Waals surface area (Å²) < 4.78 is 27.3. The molecule has 0 aliphatic carbocycles. The van der Waals surface area contributed by atoms with Gasteiger partial charge in [0, 0.05) is 11.9 Å². The van der Waals surface area contributed by atoms with E-state index >= 15 is 0 Å². The second-order valence-corrected chi connectivity index (χ2v) is 4.88.